The smallest absolute Gasteiger partial charge is 0.224 e. The molecule has 0 aliphatic heterocycles. The molecule has 0 atom stereocenters. The lowest BCUT2D eigenvalue weighted by Crippen LogP contribution is -2.11. The quantitative estimate of drug-likeness (QED) is 0.487. The molecule has 0 aliphatic rings. The Bertz CT molecular complexity index is 490. The normalized spacial score (nSPS) is 10.9. The van der Waals surface area contributed by atoms with Crippen LogP contribution >= 0.6 is 0 Å². The standard InChI is InChI=1S/C8H14N8/c1-2-3-4-16-7-5(14-15-16)6(13-10)11-8(9)12-7/h2-4,10H2,1H3,(H3,9,11,12,13). The fourth-order valence-corrected chi connectivity index (χ4v) is 1.43. The van der Waals surface area contributed by atoms with Crippen molar-refractivity contribution < 1.29 is 0 Å². The van der Waals surface area contributed by atoms with Crippen LogP contribution in [0.2, 0.25) is 0 Å². The van der Waals surface area contributed by atoms with Crippen molar-refractivity contribution in [2.24, 2.45) is 5.84 Å². The van der Waals surface area contributed by atoms with Gasteiger partial charge in [-0.2, -0.15) is 9.97 Å². The highest BCUT2D eigenvalue weighted by Crippen LogP contribution is 2.17. The summed E-state index contributed by atoms with van der Waals surface area (Å²) in [4.78, 5) is 8.03. The van der Waals surface area contributed by atoms with Gasteiger partial charge in [0.15, 0.2) is 17.0 Å². The van der Waals surface area contributed by atoms with Gasteiger partial charge >= 0.3 is 0 Å². The number of rotatable bonds is 4. The number of unbranched alkanes of at least 4 members (excludes halogenated alkanes) is 1. The maximum absolute atomic E-state index is 5.57. The van der Waals surface area contributed by atoms with Crippen molar-refractivity contribution in [3.05, 3.63) is 0 Å². The van der Waals surface area contributed by atoms with Gasteiger partial charge in [-0.3, -0.25) is 0 Å². The maximum Gasteiger partial charge on any atom is 0.224 e. The maximum atomic E-state index is 5.57. The first-order valence-electron chi connectivity index (χ1n) is 5.09. The Kier molecular flexibility index (Phi) is 2.82. The number of nitrogens with two attached hydrogens (primary N) is 2. The van der Waals surface area contributed by atoms with E-state index in [1.54, 1.807) is 4.68 Å². The van der Waals surface area contributed by atoms with Gasteiger partial charge in [-0.1, -0.05) is 18.6 Å². The molecule has 86 valence electrons. The van der Waals surface area contributed by atoms with Crippen LogP contribution in [-0.4, -0.2) is 25.0 Å². The predicted octanol–water partition coefficient (Wildman–Crippen LogP) is -0.111. The minimum atomic E-state index is 0.153. The van der Waals surface area contributed by atoms with Crippen LogP contribution in [0.4, 0.5) is 11.8 Å². The molecule has 0 spiro atoms. The van der Waals surface area contributed by atoms with E-state index in [-0.39, 0.29) is 5.95 Å². The largest absolute Gasteiger partial charge is 0.368 e. The molecule has 5 N–H and O–H groups in total. The summed E-state index contributed by atoms with van der Waals surface area (Å²) in [5, 5.41) is 7.97. The molecule has 2 rings (SSSR count). The number of aryl methyl sites for hydroxylation is 1. The van der Waals surface area contributed by atoms with Crippen LogP contribution in [0.25, 0.3) is 11.2 Å². The highest BCUT2D eigenvalue weighted by atomic mass is 15.5. The molecule has 0 aliphatic carbocycles. The lowest BCUT2D eigenvalue weighted by molar-refractivity contribution is 0.564. The fraction of sp³-hybridized carbons (Fsp3) is 0.500. The van der Waals surface area contributed by atoms with Gasteiger partial charge in [0.2, 0.25) is 5.95 Å². The van der Waals surface area contributed by atoms with Crippen molar-refractivity contribution >= 4 is 22.9 Å². The molecule has 8 heteroatoms. The van der Waals surface area contributed by atoms with Crippen molar-refractivity contribution in [1.29, 1.82) is 0 Å². The van der Waals surface area contributed by atoms with E-state index < -0.39 is 0 Å². The van der Waals surface area contributed by atoms with Gasteiger partial charge in [0.25, 0.3) is 0 Å². The molecule has 0 bridgehead atoms. The molecule has 0 fully saturated rings. The topological polar surface area (TPSA) is 121 Å². The molecule has 8 nitrogen and oxygen atoms in total. The van der Waals surface area contributed by atoms with Crippen LogP contribution in [0.15, 0.2) is 0 Å². The summed E-state index contributed by atoms with van der Waals surface area (Å²) in [6.45, 7) is 2.86. The molecule has 0 saturated heterocycles. The Labute approximate surface area is 92.0 Å². The van der Waals surface area contributed by atoms with E-state index in [4.69, 9.17) is 11.6 Å². The van der Waals surface area contributed by atoms with E-state index in [9.17, 15) is 0 Å². The Morgan fingerprint density at radius 3 is 2.88 bits per heavy atom. The third-order valence-electron chi connectivity index (χ3n) is 2.24. The number of nitrogens with zero attached hydrogens (tertiary/aromatic N) is 5. The number of nitrogen functional groups attached to an aromatic ring is 2. The first-order valence-corrected chi connectivity index (χ1v) is 5.09. The highest BCUT2D eigenvalue weighted by molar-refractivity contribution is 5.82. The number of hydrazine groups is 1. The Balaban J connectivity index is 2.49. The Morgan fingerprint density at radius 1 is 1.38 bits per heavy atom. The summed E-state index contributed by atoms with van der Waals surface area (Å²) in [7, 11) is 0. The lowest BCUT2D eigenvalue weighted by Gasteiger charge is -2.02. The molecule has 0 aromatic carbocycles. The van der Waals surface area contributed by atoms with Gasteiger partial charge in [0.1, 0.15) is 0 Å². The molecule has 2 heterocycles. The minimum absolute atomic E-state index is 0.153. The predicted molar refractivity (Wildman–Crippen MR) is 60.2 cm³/mol. The molecule has 0 unspecified atom stereocenters. The van der Waals surface area contributed by atoms with E-state index in [0.29, 0.717) is 17.0 Å². The Hall–Kier alpha value is -1.96. The van der Waals surface area contributed by atoms with Gasteiger partial charge < -0.3 is 11.2 Å². The highest BCUT2D eigenvalue weighted by Gasteiger charge is 2.12. The van der Waals surface area contributed by atoms with Crippen LogP contribution in [0.5, 0.6) is 0 Å². The summed E-state index contributed by atoms with van der Waals surface area (Å²) >= 11 is 0. The van der Waals surface area contributed by atoms with Crippen molar-refractivity contribution in [2.45, 2.75) is 26.3 Å². The van der Waals surface area contributed by atoms with Crippen LogP contribution in [0.3, 0.4) is 0 Å². The van der Waals surface area contributed by atoms with Gasteiger partial charge in [0, 0.05) is 6.54 Å². The number of hydrogen-bond acceptors (Lipinski definition) is 7. The van der Waals surface area contributed by atoms with Crippen molar-refractivity contribution in [3.63, 3.8) is 0 Å². The summed E-state index contributed by atoms with van der Waals surface area (Å²) in [5.74, 6) is 5.87. The van der Waals surface area contributed by atoms with Crippen LogP contribution in [0, 0.1) is 0 Å². The molecular formula is C8H14N8. The first-order chi connectivity index (χ1) is 7.76. The fourth-order valence-electron chi connectivity index (χ4n) is 1.43. The second kappa shape index (κ2) is 4.27. The second-order valence-corrected chi connectivity index (χ2v) is 3.41. The van der Waals surface area contributed by atoms with E-state index in [0.717, 1.165) is 19.4 Å². The van der Waals surface area contributed by atoms with Crippen molar-refractivity contribution in [1.82, 2.24) is 25.0 Å². The second-order valence-electron chi connectivity index (χ2n) is 3.41. The van der Waals surface area contributed by atoms with Crippen LogP contribution in [0.1, 0.15) is 19.8 Å². The SMILES string of the molecule is CCCCn1nnc2c(NN)nc(N)nc21. The minimum Gasteiger partial charge on any atom is -0.368 e. The molecule has 2 aromatic rings. The van der Waals surface area contributed by atoms with Crippen molar-refractivity contribution in [3.8, 4) is 0 Å². The van der Waals surface area contributed by atoms with Gasteiger partial charge in [-0.05, 0) is 6.42 Å². The Morgan fingerprint density at radius 2 is 2.19 bits per heavy atom. The molecule has 2 aromatic heterocycles. The number of hydrogen-bond donors (Lipinski definition) is 3. The zero-order valence-electron chi connectivity index (χ0n) is 9.01. The zero-order valence-corrected chi connectivity index (χ0v) is 9.01. The summed E-state index contributed by atoms with van der Waals surface area (Å²) in [5.41, 5.74) is 9.14. The van der Waals surface area contributed by atoms with Gasteiger partial charge in [-0.25, -0.2) is 10.5 Å². The zero-order chi connectivity index (χ0) is 11.5. The summed E-state index contributed by atoms with van der Waals surface area (Å²) < 4.78 is 1.71. The van der Waals surface area contributed by atoms with Crippen LogP contribution in [-0.2, 0) is 6.54 Å². The molecule has 0 saturated carbocycles. The molecule has 16 heavy (non-hydrogen) atoms. The average molecular weight is 222 g/mol. The van der Waals surface area contributed by atoms with E-state index in [2.05, 4.69) is 32.6 Å². The number of aromatic nitrogens is 5. The summed E-state index contributed by atoms with van der Waals surface area (Å²) in [6.07, 6.45) is 2.08. The third kappa shape index (κ3) is 1.74. The van der Waals surface area contributed by atoms with Gasteiger partial charge in [-0.15, -0.1) is 5.10 Å². The van der Waals surface area contributed by atoms with Gasteiger partial charge in [0.05, 0.1) is 0 Å². The van der Waals surface area contributed by atoms with E-state index >= 15 is 0 Å². The third-order valence-corrected chi connectivity index (χ3v) is 2.24. The first kappa shape index (κ1) is 10.6. The molecule has 0 radical (unpaired) electrons. The number of nitrogens with one attached hydrogen (secondary N) is 1. The van der Waals surface area contributed by atoms with Crippen LogP contribution < -0.4 is 17.0 Å². The van der Waals surface area contributed by atoms with E-state index in [1.807, 2.05) is 0 Å². The number of anilines is 2. The monoisotopic (exact) mass is 222 g/mol. The summed E-state index contributed by atoms with van der Waals surface area (Å²) in [6, 6.07) is 0. The molecular weight excluding hydrogens is 208 g/mol. The lowest BCUT2D eigenvalue weighted by atomic mass is 10.3. The number of fused-ring (bicyclic) bond motifs is 1. The average Bonchev–Trinajstić information content (AvgIpc) is 2.68. The van der Waals surface area contributed by atoms with Crippen molar-refractivity contribution in [2.75, 3.05) is 11.2 Å². The molecule has 0 amide bonds. The van der Waals surface area contributed by atoms with E-state index in [1.165, 1.54) is 0 Å².